The molecule has 17 heteroatoms. The molecule has 39 heavy (non-hydrogen) atoms. The minimum Gasteiger partial charge on any atom is -0.468 e. The summed E-state index contributed by atoms with van der Waals surface area (Å²) in [7, 11) is -3.31. The van der Waals surface area contributed by atoms with Crippen molar-refractivity contribution >= 4 is 25.7 Å². The molecule has 1 fully saturated rings. The first-order valence-electron chi connectivity index (χ1n) is 11.9. The van der Waals surface area contributed by atoms with Gasteiger partial charge in [-0.15, -0.1) is 0 Å². The van der Waals surface area contributed by atoms with Crippen molar-refractivity contribution in [3.63, 3.8) is 0 Å². The topological polar surface area (TPSA) is 211 Å². The number of methoxy groups -OCH3 is 1. The SMILES string of the molecule is COC(=O)C(NP(=O)(OC[C@H]1O[C@@H](n2cc(C)c(=O)[nH]c2=O)[C@H](OC(C)=O)[C@@H]1OC(C)=O)OC(C)C)C(C)O. The lowest BCUT2D eigenvalue weighted by Crippen LogP contribution is -2.45. The molecule has 1 saturated heterocycles. The van der Waals surface area contributed by atoms with Gasteiger partial charge in [0.1, 0.15) is 12.1 Å². The summed E-state index contributed by atoms with van der Waals surface area (Å²) in [5, 5.41) is 12.3. The van der Waals surface area contributed by atoms with Crippen molar-refractivity contribution in [2.75, 3.05) is 13.7 Å². The van der Waals surface area contributed by atoms with Crippen LogP contribution < -0.4 is 16.3 Å². The molecule has 3 N–H and O–H groups in total. The van der Waals surface area contributed by atoms with Crippen molar-refractivity contribution in [2.24, 2.45) is 0 Å². The Hall–Kier alpha value is -2.88. The number of ether oxygens (including phenoxy) is 4. The zero-order chi connectivity index (χ0) is 29.7. The van der Waals surface area contributed by atoms with E-state index in [9.17, 15) is 33.6 Å². The minimum absolute atomic E-state index is 0.134. The Bertz CT molecular complexity index is 1210. The van der Waals surface area contributed by atoms with Crippen molar-refractivity contribution < 1.29 is 52.1 Å². The Morgan fingerprint density at radius 2 is 1.74 bits per heavy atom. The molecule has 0 aromatic carbocycles. The Balaban J connectivity index is 2.46. The molecule has 1 aromatic rings. The molecule has 0 aliphatic carbocycles. The summed E-state index contributed by atoms with van der Waals surface area (Å²) in [4.78, 5) is 62.5. The van der Waals surface area contributed by atoms with Crippen molar-refractivity contribution in [1.29, 1.82) is 0 Å². The zero-order valence-corrected chi connectivity index (χ0v) is 23.5. The van der Waals surface area contributed by atoms with Crippen molar-refractivity contribution in [3.8, 4) is 0 Å². The summed E-state index contributed by atoms with van der Waals surface area (Å²) >= 11 is 0. The molecule has 1 aromatic heterocycles. The molecule has 16 nitrogen and oxygen atoms in total. The maximum atomic E-state index is 13.6. The number of aliphatic hydroxyl groups is 1. The molecule has 3 unspecified atom stereocenters. The Morgan fingerprint density at radius 3 is 2.26 bits per heavy atom. The second-order valence-corrected chi connectivity index (χ2v) is 10.7. The number of aryl methyl sites for hydroxylation is 1. The monoisotopic (exact) mass is 579 g/mol. The van der Waals surface area contributed by atoms with Gasteiger partial charge in [0.25, 0.3) is 5.56 Å². The maximum Gasteiger partial charge on any atom is 0.406 e. The average molecular weight is 579 g/mol. The van der Waals surface area contributed by atoms with Gasteiger partial charge in [-0.1, -0.05) is 0 Å². The van der Waals surface area contributed by atoms with Gasteiger partial charge in [0, 0.05) is 25.6 Å². The lowest BCUT2D eigenvalue weighted by atomic mass is 10.1. The van der Waals surface area contributed by atoms with Crippen LogP contribution in [0.2, 0.25) is 0 Å². The summed E-state index contributed by atoms with van der Waals surface area (Å²) in [5.41, 5.74) is -1.41. The highest BCUT2D eigenvalue weighted by atomic mass is 31.2. The fourth-order valence-corrected chi connectivity index (χ4v) is 5.45. The van der Waals surface area contributed by atoms with Gasteiger partial charge in [0.2, 0.25) is 0 Å². The van der Waals surface area contributed by atoms with Crippen molar-refractivity contribution in [1.82, 2.24) is 14.6 Å². The van der Waals surface area contributed by atoms with Gasteiger partial charge < -0.3 is 24.1 Å². The summed E-state index contributed by atoms with van der Waals surface area (Å²) in [6, 6.07) is -1.50. The van der Waals surface area contributed by atoms with E-state index in [1.165, 1.54) is 20.0 Å². The summed E-state index contributed by atoms with van der Waals surface area (Å²) in [6.07, 6.45) is -6.32. The third kappa shape index (κ3) is 8.55. The van der Waals surface area contributed by atoms with Gasteiger partial charge in [-0.3, -0.25) is 37.8 Å². The third-order valence-corrected chi connectivity index (χ3v) is 7.09. The first kappa shape index (κ1) is 32.3. The number of H-pyrrole nitrogens is 1. The van der Waals surface area contributed by atoms with Crippen LogP contribution in [-0.2, 0) is 46.9 Å². The van der Waals surface area contributed by atoms with Crippen molar-refractivity contribution in [2.45, 2.75) is 84.3 Å². The van der Waals surface area contributed by atoms with Gasteiger partial charge in [-0.2, -0.15) is 0 Å². The van der Waals surface area contributed by atoms with E-state index < -0.39 is 86.3 Å². The summed E-state index contributed by atoms with van der Waals surface area (Å²) in [5.74, 6) is -2.54. The van der Waals surface area contributed by atoms with Crippen LogP contribution in [0.25, 0.3) is 0 Å². The van der Waals surface area contributed by atoms with E-state index in [1.807, 2.05) is 0 Å². The number of carbonyl (C=O) groups is 3. The quantitative estimate of drug-likeness (QED) is 0.164. The van der Waals surface area contributed by atoms with Crippen molar-refractivity contribution in [3.05, 3.63) is 32.6 Å². The summed E-state index contributed by atoms with van der Waals surface area (Å²) in [6.45, 7) is 7.31. The molecule has 1 aliphatic rings. The maximum absolute atomic E-state index is 13.6. The van der Waals surface area contributed by atoms with Gasteiger partial charge in [0.05, 0.1) is 25.9 Å². The first-order valence-corrected chi connectivity index (χ1v) is 13.4. The number of aromatic nitrogens is 2. The van der Waals surface area contributed by atoms with Crippen LogP contribution in [0, 0.1) is 6.92 Å². The predicted molar refractivity (Wildman–Crippen MR) is 131 cm³/mol. The van der Waals surface area contributed by atoms with Crippen LogP contribution in [0.3, 0.4) is 0 Å². The normalized spacial score (nSPS) is 24.0. The highest BCUT2D eigenvalue weighted by molar-refractivity contribution is 7.51. The molecule has 0 amide bonds. The second kappa shape index (κ2) is 13.5. The smallest absolute Gasteiger partial charge is 0.406 e. The number of hydrogen-bond acceptors (Lipinski definition) is 13. The second-order valence-electron chi connectivity index (χ2n) is 9.01. The number of aromatic amines is 1. The van der Waals surface area contributed by atoms with Gasteiger partial charge >= 0.3 is 31.3 Å². The Labute approximate surface area is 223 Å². The Kier molecular flexibility index (Phi) is 11.2. The van der Waals surface area contributed by atoms with Crippen LogP contribution in [0.4, 0.5) is 0 Å². The highest BCUT2D eigenvalue weighted by Crippen LogP contribution is 2.47. The molecular formula is C22H34N3O13P. The lowest BCUT2D eigenvalue weighted by molar-refractivity contribution is -0.165. The fourth-order valence-electron chi connectivity index (χ4n) is 3.69. The van der Waals surface area contributed by atoms with Crippen LogP contribution in [0.15, 0.2) is 15.8 Å². The number of aliphatic hydroxyl groups excluding tert-OH is 1. The first-order chi connectivity index (χ1) is 18.1. The van der Waals surface area contributed by atoms with E-state index in [0.29, 0.717) is 0 Å². The van der Waals surface area contributed by atoms with E-state index >= 15 is 0 Å². The van der Waals surface area contributed by atoms with E-state index in [1.54, 1.807) is 13.8 Å². The molecule has 2 rings (SSSR count). The Morgan fingerprint density at radius 1 is 1.15 bits per heavy atom. The molecule has 7 atom stereocenters. The number of hydrogen-bond donors (Lipinski definition) is 3. The molecule has 0 bridgehead atoms. The molecule has 2 heterocycles. The molecule has 0 saturated carbocycles. The standard InChI is InChI=1S/C22H34N3O13P/c1-10(2)38-39(32,24-16(12(4)26)21(30)33-7)34-9-15-17(35-13(5)27)18(36-14(6)28)20(37-15)25-8-11(3)19(29)23-22(25)31/h8,10,12,15-18,20,26H,9H2,1-7H3,(H,24,32)(H,23,29,31)/t12?,15-,16?,17-,18-,20-,39?/m1/s1. The zero-order valence-electron chi connectivity index (χ0n) is 22.6. The summed E-state index contributed by atoms with van der Waals surface area (Å²) < 4.78 is 46.6. The van der Waals surface area contributed by atoms with Crippen LogP contribution >= 0.6 is 7.75 Å². The van der Waals surface area contributed by atoms with Crippen LogP contribution in [-0.4, -0.2) is 82.8 Å². The van der Waals surface area contributed by atoms with E-state index in [-0.39, 0.29) is 5.56 Å². The lowest BCUT2D eigenvalue weighted by Gasteiger charge is -2.28. The van der Waals surface area contributed by atoms with E-state index in [2.05, 4.69) is 14.8 Å². The number of esters is 3. The largest absolute Gasteiger partial charge is 0.468 e. The highest BCUT2D eigenvalue weighted by Gasteiger charge is 2.51. The number of nitrogens with zero attached hydrogens (tertiary/aromatic N) is 1. The minimum atomic E-state index is -4.38. The van der Waals surface area contributed by atoms with Crippen LogP contribution in [0.1, 0.15) is 46.4 Å². The van der Waals surface area contributed by atoms with Crippen LogP contribution in [0.5, 0.6) is 0 Å². The molecule has 0 spiro atoms. The van der Waals surface area contributed by atoms with E-state index in [4.69, 9.17) is 23.3 Å². The molecule has 220 valence electrons. The van der Waals surface area contributed by atoms with Gasteiger partial charge in [0.15, 0.2) is 18.4 Å². The fraction of sp³-hybridized carbons (Fsp3) is 0.682. The molecule has 1 aliphatic heterocycles. The predicted octanol–water partition coefficient (Wildman–Crippen LogP) is -0.332. The number of carbonyl (C=O) groups excluding carboxylic acids is 3. The average Bonchev–Trinajstić information content (AvgIpc) is 3.13. The van der Waals surface area contributed by atoms with E-state index in [0.717, 1.165) is 25.5 Å². The molecule has 0 radical (unpaired) electrons. The van der Waals surface area contributed by atoms with Gasteiger partial charge in [-0.05, 0) is 27.7 Å². The van der Waals surface area contributed by atoms with Gasteiger partial charge in [-0.25, -0.2) is 14.4 Å². The number of rotatable bonds is 12. The number of nitrogens with one attached hydrogen (secondary N) is 2. The molecular weight excluding hydrogens is 545 g/mol. The third-order valence-electron chi connectivity index (χ3n) is 5.30.